The van der Waals surface area contributed by atoms with Crippen LogP contribution in [0.3, 0.4) is 0 Å². The number of hydrogen-bond donors (Lipinski definition) is 0. The van der Waals surface area contributed by atoms with Gasteiger partial charge in [0.05, 0.1) is 6.61 Å². The fourth-order valence-electron chi connectivity index (χ4n) is 4.19. The number of alkyl halides is 2. The Balaban J connectivity index is 1.69. The summed E-state index contributed by atoms with van der Waals surface area (Å²) in [5.74, 6) is 0.798. The molecule has 0 unspecified atom stereocenters. The van der Waals surface area contributed by atoms with Crippen molar-refractivity contribution in [3.8, 4) is 0 Å². The van der Waals surface area contributed by atoms with Gasteiger partial charge in [-0.25, -0.2) is 0 Å². The summed E-state index contributed by atoms with van der Waals surface area (Å²) in [6, 6.07) is 7.93. The molecular weight excluding hydrogens is 354 g/mol. The van der Waals surface area contributed by atoms with Crippen molar-refractivity contribution in [3.63, 3.8) is 0 Å². The molecule has 0 N–H and O–H groups in total. The molecule has 1 fully saturated rings. The van der Waals surface area contributed by atoms with Crippen LogP contribution in [0.1, 0.15) is 89.2 Å². The highest BCUT2D eigenvalue weighted by Gasteiger charge is 2.35. The van der Waals surface area contributed by atoms with Gasteiger partial charge in [-0.3, -0.25) is 0 Å². The molecule has 1 nitrogen and oxygen atoms in total. The normalized spacial score (nSPS) is 20.7. The molecule has 1 aliphatic rings. The van der Waals surface area contributed by atoms with E-state index in [0.717, 1.165) is 44.1 Å². The molecule has 0 spiro atoms. The molecule has 0 saturated heterocycles. The van der Waals surface area contributed by atoms with Gasteiger partial charge in [-0.05, 0) is 68.4 Å². The number of ether oxygens (including phenoxy) is 1. The summed E-state index contributed by atoms with van der Waals surface area (Å²) in [4.78, 5) is 0. The first kappa shape index (κ1) is 23.1. The topological polar surface area (TPSA) is 9.23 Å². The molecule has 1 saturated carbocycles. The fourth-order valence-corrected chi connectivity index (χ4v) is 4.19. The third-order valence-corrected chi connectivity index (χ3v) is 6.01. The summed E-state index contributed by atoms with van der Waals surface area (Å²) in [6.45, 7) is 4.22. The summed E-state index contributed by atoms with van der Waals surface area (Å²) < 4.78 is 33.6. The van der Waals surface area contributed by atoms with Crippen molar-refractivity contribution in [1.82, 2.24) is 0 Å². The Hall–Kier alpha value is -1.22. The van der Waals surface area contributed by atoms with E-state index in [1.807, 2.05) is 31.2 Å². The minimum atomic E-state index is -3.03. The lowest BCUT2D eigenvalue weighted by Gasteiger charge is -2.30. The number of unbranched alkanes of at least 4 members (excludes halogenated alkanes) is 2. The Morgan fingerprint density at radius 2 is 1.64 bits per heavy atom. The van der Waals surface area contributed by atoms with Gasteiger partial charge in [0.1, 0.15) is 0 Å². The minimum Gasteiger partial charge on any atom is -0.316 e. The first-order valence-electron chi connectivity index (χ1n) is 11.2. The van der Waals surface area contributed by atoms with Crippen molar-refractivity contribution < 1.29 is 13.5 Å². The molecule has 0 heterocycles. The van der Waals surface area contributed by atoms with Crippen molar-refractivity contribution >= 4 is 0 Å². The SMILES string of the molecule is CC=CCCC1CCC(CC(F)(F)OCc2ccc(CCCCC)cc2)CC1. The van der Waals surface area contributed by atoms with Gasteiger partial charge in [0, 0.05) is 6.42 Å². The molecule has 0 aromatic heterocycles. The van der Waals surface area contributed by atoms with Crippen molar-refractivity contribution in [2.45, 2.75) is 97.2 Å². The van der Waals surface area contributed by atoms with E-state index in [2.05, 4.69) is 19.1 Å². The number of aryl methyl sites for hydroxylation is 1. The van der Waals surface area contributed by atoms with Crippen molar-refractivity contribution in [1.29, 1.82) is 0 Å². The molecule has 2 rings (SSSR count). The van der Waals surface area contributed by atoms with E-state index in [4.69, 9.17) is 4.74 Å². The molecular formula is C25H38F2O. The molecule has 1 aliphatic carbocycles. The van der Waals surface area contributed by atoms with Crippen LogP contribution in [0.25, 0.3) is 0 Å². The molecule has 158 valence electrons. The fraction of sp³-hybridized carbons (Fsp3) is 0.680. The largest absolute Gasteiger partial charge is 0.356 e. The van der Waals surface area contributed by atoms with E-state index in [1.54, 1.807) is 0 Å². The van der Waals surface area contributed by atoms with Gasteiger partial charge in [0.25, 0.3) is 0 Å². The molecule has 0 aliphatic heterocycles. The Bertz CT molecular complexity index is 556. The number of benzene rings is 1. The molecule has 0 bridgehead atoms. The number of rotatable bonds is 12. The zero-order valence-corrected chi connectivity index (χ0v) is 17.8. The lowest BCUT2D eigenvalue weighted by Crippen LogP contribution is -2.27. The maximum atomic E-state index is 14.3. The average Bonchev–Trinajstić information content (AvgIpc) is 2.69. The van der Waals surface area contributed by atoms with Gasteiger partial charge in [-0.2, -0.15) is 8.78 Å². The Morgan fingerprint density at radius 1 is 1.00 bits per heavy atom. The maximum Gasteiger partial charge on any atom is 0.356 e. The summed E-state index contributed by atoms with van der Waals surface area (Å²) in [5, 5.41) is 0. The molecule has 3 heteroatoms. The predicted molar refractivity (Wildman–Crippen MR) is 114 cm³/mol. The summed E-state index contributed by atoms with van der Waals surface area (Å²) in [6.07, 6.45) is 12.1. The van der Waals surface area contributed by atoms with E-state index in [1.165, 1.54) is 31.2 Å². The van der Waals surface area contributed by atoms with E-state index in [9.17, 15) is 8.78 Å². The smallest absolute Gasteiger partial charge is 0.316 e. The van der Waals surface area contributed by atoms with Gasteiger partial charge >= 0.3 is 6.11 Å². The van der Waals surface area contributed by atoms with Crippen LogP contribution in [0.15, 0.2) is 36.4 Å². The third kappa shape index (κ3) is 8.86. The quantitative estimate of drug-likeness (QED) is 0.258. The van der Waals surface area contributed by atoms with Crippen LogP contribution < -0.4 is 0 Å². The molecule has 0 atom stereocenters. The second-order valence-electron chi connectivity index (χ2n) is 8.44. The highest BCUT2D eigenvalue weighted by atomic mass is 19.3. The van der Waals surface area contributed by atoms with Gasteiger partial charge in [0.15, 0.2) is 0 Å². The van der Waals surface area contributed by atoms with E-state index < -0.39 is 6.11 Å². The molecule has 28 heavy (non-hydrogen) atoms. The first-order valence-corrected chi connectivity index (χ1v) is 11.2. The van der Waals surface area contributed by atoms with Gasteiger partial charge in [-0.1, -0.05) is 69.0 Å². The number of hydrogen-bond acceptors (Lipinski definition) is 1. The molecule has 1 aromatic rings. The van der Waals surface area contributed by atoms with E-state index in [-0.39, 0.29) is 18.9 Å². The monoisotopic (exact) mass is 392 g/mol. The Kier molecular flexibility index (Phi) is 10.2. The molecule has 0 radical (unpaired) electrons. The maximum absolute atomic E-state index is 14.3. The number of halogens is 2. The van der Waals surface area contributed by atoms with Gasteiger partial charge in [-0.15, -0.1) is 0 Å². The third-order valence-electron chi connectivity index (χ3n) is 6.01. The van der Waals surface area contributed by atoms with Crippen molar-refractivity contribution in [2.75, 3.05) is 0 Å². The molecule has 0 amide bonds. The standard InChI is InChI=1S/C25H38F2O/c1-3-5-7-9-21-11-15-23(16-12-21)19-25(26,27)28-20-24-17-13-22(14-18-24)10-8-6-4-2/h3,5,13-14,17-18,21,23H,4,6-12,15-16,19-20H2,1-2H3. The summed E-state index contributed by atoms with van der Waals surface area (Å²) in [5.41, 5.74) is 2.10. The van der Waals surface area contributed by atoms with Crippen LogP contribution >= 0.6 is 0 Å². The highest BCUT2D eigenvalue weighted by Crippen LogP contribution is 2.38. The van der Waals surface area contributed by atoms with Gasteiger partial charge < -0.3 is 4.74 Å². The minimum absolute atomic E-state index is 0.0130. The average molecular weight is 393 g/mol. The lowest BCUT2D eigenvalue weighted by molar-refractivity contribution is -0.256. The van der Waals surface area contributed by atoms with E-state index >= 15 is 0 Å². The van der Waals surface area contributed by atoms with Crippen LogP contribution in [0.5, 0.6) is 0 Å². The van der Waals surface area contributed by atoms with Crippen LogP contribution in [0, 0.1) is 11.8 Å². The first-order chi connectivity index (χ1) is 13.5. The molecule has 1 aromatic carbocycles. The van der Waals surface area contributed by atoms with Gasteiger partial charge in [0.2, 0.25) is 0 Å². The highest BCUT2D eigenvalue weighted by molar-refractivity contribution is 5.22. The van der Waals surface area contributed by atoms with Crippen LogP contribution in [-0.2, 0) is 17.8 Å². The van der Waals surface area contributed by atoms with Crippen LogP contribution in [-0.4, -0.2) is 6.11 Å². The van der Waals surface area contributed by atoms with Crippen molar-refractivity contribution in [3.05, 3.63) is 47.5 Å². The second kappa shape index (κ2) is 12.4. The van der Waals surface area contributed by atoms with Crippen LogP contribution in [0.4, 0.5) is 8.78 Å². The summed E-state index contributed by atoms with van der Waals surface area (Å²) in [7, 11) is 0. The lowest BCUT2D eigenvalue weighted by atomic mass is 9.78. The van der Waals surface area contributed by atoms with Crippen LogP contribution in [0.2, 0.25) is 0 Å². The van der Waals surface area contributed by atoms with E-state index in [0.29, 0.717) is 5.92 Å². The number of allylic oxidation sites excluding steroid dienone is 2. The second-order valence-corrected chi connectivity index (χ2v) is 8.44. The Morgan fingerprint density at radius 3 is 2.29 bits per heavy atom. The Labute approximate surface area is 170 Å². The zero-order valence-electron chi connectivity index (χ0n) is 17.8. The zero-order chi connectivity index (χ0) is 20.2. The summed E-state index contributed by atoms with van der Waals surface area (Å²) >= 11 is 0. The van der Waals surface area contributed by atoms with Crippen molar-refractivity contribution in [2.24, 2.45) is 11.8 Å². The predicted octanol–water partition coefficient (Wildman–Crippen LogP) is 8.08.